The molecule has 1 saturated heterocycles. The maximum Gasteiger partial charge on any atom is 0.351 e. The van der Waals surface area contributed by atoms with Crippen LogP contribution in [0.4, 0.5) is 5.82 Å². The minimum Gasteiger partial charge on any atom is -0.497 e. The lowest BCUT2D eigenvalue weighted by molar-refractivity contribution is -0.124. The second-order valence-corrected chi connectivity index (χ2v) is 19.3. The van der Waals surface area contributed by atoms with Crippen LogP contribution in [0.2, 0.25) is 0 Å². The van der Waals surface area contributed by atoms with Crippen molar-refractivity contribution < 1.29 is 42.7 Å². The number of hydrogen-bond donors (Lipinski definition) is 3. The summed E-state index contributed by atoms with van der Waals surface area (Å²) in [6.45, 7) is 9.13. The fraction of sp³-hybridized carbons (Fsp3) is 0.392. The normalized spacial score (nSPS) is 18.0. The van der Waals surface area contributed by atoms with Gasteiger partial charge in [-0.1, -0.05) is 72.8 Å². The summed E-state index contributed by atoms with van der Waals surface area (Å²) in [7, 11) is 1.01. The van der Waals surface area contributed by atoms with Crippen LogP contribution in [0.3, 0.4) is 0 Å². The second-order valence-electron chi connectivity index (χ2n) is 16.9. The third kappa shape index (κ3) is 11.6. The summed E-state index contributed by atoms with van der Waals surface area (Å²) in [5, 5.41) is 15.2. The Morgan fingerprint density at radius 1 is 0.882 bits per heavy atom. The molecule has 1 aromatic heterocycles. The first-order valence-electron chi connectivity index (χ1n) is 22.6. The number of methoxy groups -OCH3 is 2. The molecule has 5 aromatic rings. The number of nitrogens with zero attached hydrogens (tertiary/aromatic N) is 4. The summed E-state index contributed by atoms with van der Waals surface area (Å²) < 4.78 is 42.2. The molecule has 2 amide bonds. The lowest BCUT2D eigenvalue weighted by Gasteiger charge is -2.39. The molecule has 4 aromatic carbocycles. The molecule has 0 saturated carbocycles. The van der Waals surface area contributed by atoms with E-state index in [0.717, 1.165) is 16.7 Å². The molecule has 0 bridgehead atoms. The number of carbonyl (C=O) groups is 2. The zero-order valence-electron chi connectivity index (χ0n) is 39.8. The van der Waals surface area contributed by atoms with Gasteiger partial charge in [0.2, 0.25) is 5.91 Å². The maximum atomic E-state index is 14.3. The molecular formula is C51H62N6O10P+. The van der Waals surface area contributed by atoms with Gasteiger partial charge in [0, 0.05) is 42.9 Å². The summed E-state index contributed by atoms with van der Waals surface area (Å²) in [6.07, 6.45) is -3.25. The minimum absolute atomic E-state index is 0.0123. The number of benzene rings is 4. The van der Waals surface area contributed by atoms with Crippen molar-refractivity contribution in [3.8, 4) is 17.6 Å². The lowest BCUT2D eigenvalue weighted by atomic mass is 9.80. The first-order chi connectivity index (χ1) is 32.7. The van der Waals surface area contributed by atoms with E-state index >= 15 is 0 Å². The van der Waals surface area contributed by atoms with E-state index in [4.69, 9.17) is 28.2 Å². The number of rotatable bonds is 22. The number of aryl methyl sites for hydroxylation is 1. The van der Waals surface area contributed by atoms with Gasteiger partial charge in [0.15, 0.2) is 12.3 Å². The standard InChI is InChI=1S/C51H61N6O10P/c1-34(2)57(35(3)4)68(61,31-15-29-52)67-45-43(33-65-51(38-18-13-10-14-19-38,39-20-24-41(62-7)25-21-39)40-22-26-42(63-8)27-23-40)66-49(46(45)64-30-28-44(58)53-6)56-32-36(5)47(55-50(56)60)54-48(59)37-16-11-9-12-17-37/h9-14,16-27,32,34-35,43,45-46,49,61H,15,28,30-31,33H2,1-8H3,(H-,53,54,55,58,59,60)/p+1/t43-,45-,46-,49-,68?/m1/s1. The highest BCUT2D eigenvalue weighted by molar-refractivity contribution is 7.63. The van der Waals surface area contributed by atoms with Gasteiger partial charge in [-0.15, -0.1) is 4.67 Å². The molecule has 0 aliphatic carbocycles. The number of nitrogens with one attached hydrogen (secondary N) is 2. The van der Waals surface area contributed by atoms with Gasteiger partial charge in [-0.25, -0.2) is 9.69 Å². The fourth-order valence-corrected chi connectivity index (χ4v) is 11.6. The van der Waals surface area contributed by atoms with Gasteiger partial charge in [-0.05, 0) is 87.7 Å². The molecule has 3 N–H and O–H groups in total. The van der Waals surface area contributed by atoms with Crippen LogP contribution in [0.5, 0.6) is 11.5 Å². The first-order valence-corrected chi connectivity index (χ1v) is 24.4. The SMILES string of the molecule is CNC(=O)CCO[C@@H]1[C@H](O[P+](O)(CCC#N)N(C(C)C)C(C)C)[C@@H](COC(c2ccccc2)(c2ccc(OC)cc2)c2ccc(OC)cc2)O[C@H]1n1cc(C)c(NC(=O)c2ccccc2)nc1=O. The average Bonchev–Trinajstić information content (AvgIpc) is 3.67. The molecule has 1 aliphatic heterocycles. The second kappa shape index (κ2) is 23.3. The Bertz CT molecular complexity index is 2480. The summed E-state index contributed by atoms with van der Waals surface area (Å²) in [4.78, 5) is 57.4. The van der Waals surface area contributed by atoms with Crippen molar-refractivity contribution in [2.75, 3.05) is 46.0 Å². The van der Waals surface area contributed by atoms with Crippen molar-refractivity contribution >= 4 is 25.5 Å². The van der Waals surface area contributed by atoms with Crippen LogP contribution < -0.4 is 25.8 Å². The number of amides is 2. The monoisotopic (exact) mass is 949 g/mol. The van der Waals surface area contributed by atoms with Crippen LogP contribution in [0.25, 0.3) is 0 Å². The molecular weight excluding hydrogens is 888 g/mol. The molecule has 1 unspecified atom stereocenters. The fourth-order valence-electron chi connectivity index (χ4n) is 8.64. The van der Waals surface area contributed by atoms with E-state index in [1.165, 1.54) is 17.8 Å². The maximum absolute atomic E-state index is 14.3. The van der Waals surface area contributed by atoms with Crippen molar-refractivity contribution in [2.45, 2.75) is 89.7 Å². The summed E-state index contributed by atoms with van der Waals surface area (Å²) >= 11 is 0. The predicted octanol–water partition coefficient (Wildman–Crippen LogP) is 7.42. The number of aromatic nitrogens is 2. The van der Waals surface area contributed by atoms with Crippen LogP contribution in [-0.4, -0.2) is 102 Å². The van der Waals surface area contributed by atoms with Crippen molar-refractivity contribution in [3.05, 3.63) is 154 Å². The number of ether oxygens (including phenoxy) is 5. The van der Waals surface area contributed by atoms with Crippen LogP contribution in [0, 0.1) is 18.3 Å². The van der Waals surface area contributed by atoms with E-state index < -0.39 is 49.6 Å². The Morgan fingerprint density at radius 3 is 1.97 bits per heavy atom. The van der Waals surface area contributed by atoms with Gasteiger partial charge in [0.25, 0.3) is 5.91 Å². The zero-order valence-corrected chi connectivity index (χ0v) is 40.7. The van der Waals surface area contributed by atoms with E-state index in [2.05, 4.69) is 21.7 Å². The smallest absolute Gasteiger partial charge is 0.351 e. The minimum atomic E-state index is -3.70. The van der Waals surface area contributed by atoms with E-state index in [1.807, 2.05) is 111 Å². The lowest BCUT2D eigenvalue weighted by Crippen LogP contribution is -2.46. The van der Waals surface area contributed by atoms with Gasteiger partial charge < -0.3 is 34.3 Å². The van der Waals surface area contributed by atoms with Crippen LogP contribution in [0.1, 0.15) is 79.4 Å². The molecule has 6 rings (SSSR count). The molecule has 2 heterocycles. The molecule has 0 radical (unpaired) electrons. The summed E-state index contributed by atoms with van der Waals surface area (Å²) in [5.74, 6) is 0.584. The average molecular weight is 950 g/mol. The Morgan fingerprint density at radius 2 is 1.44 bits per heavy atom. The van der Waals surface area contributed by atoms with E-state index in [0.29, 0.717) is 22.6 Å². The third-order valence-corrected chi connectivity index (χ3v) is 14.8. The molecule has 5 atom stereocenters. The highest BCUT2D eigenvalue weighted by atomic mass is 31.2. The van der Waals surface area contributed by atoms with Gasteiger partial charge in [0.1, 0.15) is 41.3 Å². The predicted molar refractivity (Wildman–Crippen MR) is 259 cm³/mol. The van der Waals surface area contributed by atoms with E-state index in [1.54, 1.807) is 51.5 Å². The molecule has 16 nitrogen and oxygen atoms in total. The Hall–Kier alpha value is -6.02. The van der Waals surface area contributed by atoms with Gasteiger partial charge in [-0.2, -0.15) is 14.8 Å². The molecule has 68 heavy (non-hydrogen) atoms. The summed E-state index contributed by atoms with van der Waals surface area (Å²) in [5.41, 5.74) is 0.979. The van der Waals surface area contributed by atoms with E-state index in [9.17, 15) is 24.5 Å². The molecule has 1 aliphatic rings. The van der Waals surface area contributed by atoms with Gasteiger partial charge in [0.05, 0.1) is 39.9 Å². The molecule has 360 valence electrons. The largest absolute Gasteiger partial charge is 0.497 e. The number of carbonyl (C=O) groups excluding carboxylic acids is 2. The molecule has 1 fully saturated rings. The number of anilines is 1. The highest BCUT2D eigenvalue weighted by Crippen LogP contribution is 2.64. The Labute approximate surface area is 398 Å². The Balaban J connectivity index is 1.53. The van der Waals surface area contributed by atoms with Gasteiger partial charge >= 0.3 is 13.6 Å². The van der Waals surface area contributed by atoms with Crippen LogP contribution >= 0.6 is 7.87 Å². The number of nitriles is 1. The number of hydrogen-bond acceptors (Lipinski definition) is 13. The van der Waals surface area contributed by atoms with Crippen LogP contribution in [0.15, 0.2) is 120 Å². The Kier molecular flexibility index (Phi) is 17.6. The third-order valence-electron chi connectivity index (χ3n) is 11.7. The molecule has 0 spiro atoms. The van der Waals surface area contributed by atoms with Crippen molar-refractivity contribution in [1.82, 2.24) is 19.5 Å². The van der Waals surface area contributed by atoms with Crippen molar-refractivity contribution in [3.63, 3.8) is 0 Å². The summed E-state index contributed by atoms with van der Waals surface area (Å²) in [6, 6.07) is 35.1. The van der Waals surface area contributed by atoms with Gasteiger partial charge in [-0.3, -0.25) is 14.2 Å². The van der Waals surface area contributed by atoms with Crippen LogP contribution in [-0.2, 0) is 29.1 Å². The molecule has 17 heteroatoms. The quantitative estimate of drug-likeness (QED) is 0.0459. The topological polar surface area (TPSA) is 196 Å². The highest BCUT2D eigenvalue weighted by Gasteiger charge is 2.58. The van der Waals surface area contributed by atoms with Crippen molar-refractivity contribution in [2.24, 2.45) is 0 Å². The van der Waals surface area contributed by atoms with Crippen molar-refractivity contribution in [1.29, 1.82) is 5.26 Å². The first kappa shape index (κ1) is 51.4. The van der Waals surface area contributed by atoms with E-state index in [-0.39, 0.29) is 56.0 Å². The zero-order chi connectivity index (χ0) is 49.0.